The van der Waals surface area contributed by atoms with Crippen LogP contribution in [0.4, 0.5) is 0 Å². The standard InChI is InChI=1S/C16H27N3O5S3/c1-22-7-4-18(5-8-23-2)12-14-10-13-11-15(27(17,20)21)25-16(13)26-19(14)6-9-24-3/h10-11H,4-9,12H2,1-3H3,(H2,17,20,21). The van der Waals surface area contributed by atoms with Crippen molar-refractivity contribution in [3.05, 3.63) is 17.3 Å². The fourth-order valence-electron chi connectivity index (χ4n) is 2.52. The van der Waals surface area contributed by atoms with E-state index in [9.17, 15) is 8.42 Å². The number of fused-ring (bicyclic) bond motifs is 1. The number of thiophene rings is 1. The maximum atomic E-state index is 11.7. The molecule has 0 atom stereocenters. The monoisotopic (exact) mass is 437 g/mol. The van der Waals surface area contributed by atoms with E-state index in [2.05, 4.69) is 9.21 Å². The van der Waals surface area contributed by atoms with Crippen molar-refractivity contribution in [1.82, 2.24) is 9.21 Å². The molecule has 0 bridgehead atoms. The van der Waals surface area contributed by atoms with E-state index in [0.29, 0.717) is 32.9 Å². The number of hydrogen-bond acceptors (Lipinski definition) is 9. The van der Waals surface area contributed by atoms with Gasteiger partial charge in [0, 0.05) is 52.2 Å². The zero-order chi connectivity index (χ0) is 19.9. The molecule has 0 amide bonds. The summed E-state index contributed by atoms with van der Waals surface area (Å²) in [7, 11) is 1.32. The maximum Gasteiger partial charge on any atom is 0.247 e. The Morgan fingerprint density at radius 3 is 2.30 bits per heavy atom. The minimum absolute atomic E-state index is 0.180. The predicted molar refractivity (Wildman–Crippen MR) is 108 cm³/mol. The Bertz CT molecular complexity index is 728. The van der Waals surface area contributed by atoms with Gasteiger partial charge in [0.1, 0.15) is 4.21 Å². The lowest BCUT2D eigenvalue weighted by Gasteiger charge is -2.32. The normalized spacial score (nSPS) is 14.6. The van der Waals surface area contributed by atoms with Gasteiger partial charge in [-0.2, -0.15) is 0 Å². The van der Waals surface area contributed by atoms with E-state index < -0.39 is 10.0 Å². The van der Waals surface area contributed by atoms with Crippen LogP contribution in [0.5, 0.6) is 0 Å². The first-order valence-corrected chi connectivity index (χ1v) is 11.5. The molecule has 0 unspecified atom stereocenters. The van der Waals surface area contributed by atoms with Gasteiger partial charge in [0.25, 0.3) is 0 Å². The summed E-state index contributed by atoms with van der Waals surface area (Å²) in [4.78, 5) is 2.25. The summed E-state index contributed by atoms with van der Waals surface area (Å²) in [6.07, 6.45) is 2.03. The van der Waals surface area contributed by atoms with Gasteiger partial charge in [-0.25, -0.2) is 13.6 Å². The highest BCUT2D eigenvalue weighted by atomic mass is 32.3. The minimum atomic E-state index is -3.71. The molecule has 0 spiro atoms. The van der Waals surface area contributed by atoms with E-state index in [1.807, 2.05) is 6.08 Å². The van der Waals surface area contributed by atoms with Crippen LogP contribution in [0, 0.1) is 0 Å². The summed E-state index contributed by atoms with van der Waals surface area (Å²) in [5, 5.41) is 5.29. The number of sulfonamides is 1. The Kier molecular flexibility index (Phi) is 9.02. The van der Waals surface area contributed by atoms with Crippen LogP contribution >= 0.6 is 23.3 Å². The molecule has 1 aromatic heterocycles. The van der Waals surface area contributed by atoms with E-state index in [4.69, 9.17) is 19.3 Å². The highest BCUT2D eigenvalue weighted by molar-refractivity contribution is 7.99. The van der Waals surface area contributed by atoms with Crippen LogP contribution < -0.4 is 5.14 Å². The van der Waals surface area contributed by atoms with E-state index in [1.54, 1.807) is 27.4 Å². The zero-order valence-corrected chi connectivity index (χ0v) is 18.3. The molecule has 1 aromatic rings. The van der Waals surface area contributed by atoms with Crippen LogP contribution in [0.25, 0.3) is 6.08 Å². The van der Waals surface area contributed by atoms with E-state index in [1.165, 1.54) is 23.3 Å². The molecule has 0 saturated carbocycles. The lowest BCUT2D eigenvalue weighted by atomic mass is 10.2. The number of ether oxygens (including phenoxy) is 3. The quantitative estimate of drug-likeness (QED) is 0.489. The molecule has 11 heteroatoms. The molecule has 1 aliphatic heterocycles. The molecule has 2 N–H and O–H groups in total. The molecule has 0 aromatic carbocycles. The minimum Gasteiger partial charge on any atom is -0.383 e. The molecule has 8 nitrogen and oxygen atoms in total. The van der Waals surface area contributed by atoms with Gasteiger partial charge in [-0.1, -0.05) is 0 Å². The summed E-state index contributed by atoms with van der Waals surface area (Å²) < 4.78 is 42.3. The SMILES string of the molecule is COCCN(CCOC)CC1=Cc2cc(S(N)(=O)=O)sc2SN1CCOC. The summed E-state index contributed by atoms with van der Waals surface area (Å²) in [5.74, 6) is 0. The van der Waals surface area contributed by atoms with Gasteiger partial charge in [0.2, 0.25) is 10.0 Å². The largest absolute Gasteiger partial charge is 0.383 e. The number of nitrogens with two attached hydrogens (primary N) is 1. The lowest BCUT2D eigenvalue weighted by molar-refractivity contribution is 0.116. The predicted octanol–water partition coefficient (Wildman–Crippen LogP) is 1.30. The molecule has 27 heavy (non-hydrogen) atoms. The Hall–Kier alpha value is -0.660. The van der Waals surface area contributed by atoms with Crippen molar-refractivity contribution in [3.8, 4) is 0 Å². The molecular weight excluding hydrogens is 410 g/mol. The van der Waals surface area contributed by atoms with Crippen molar-refractivity contribution in [2.75, 3.05) is 67.3 Å². The third kappa shape index (κ3) is 6.71. The second-order valence-corrected chi connectivity index (χ2v) is 10.1. The number of rotatable bonds is 12. The average molecular weight is 438 g/mol. The summed E-state index contributed by atoms with van der Waals surface area (Å²) in [6.45, 7) is 4.77. The van der Waals surface area contributed by atoms with Gasteiger partial charge < -0.3 is 18.5 Å². The van der Waals surface area contributed by atoms with Crippen molar-refractivity contribution in [1.29, 1.82) is 0 Å². The van der Waals surface area contributed by atoms with Crippen LogP contribution in [0.15, 0.2) is 20.2 Å². The van der Waals surface area contributed by atoms with Gasteiger partial charge in [-0.05, 0) is 24.1 Å². The Morgan fingerprint density at radius 2 is 1.74 bits per heavy atom. The molecule has 0 saturated heterocycles. The van der Waals surface area contributed by atoms with Crippen molar-refractivity contribution >= 4 is 39.4 Å². The van der Waals surface area contributed by atoms with Gasteiger partial charge in [-0.3, -0.25) is 4.90 Å². The molecule has 2 rings (SSSR count). The van der Waals surface area contributed by atoms with E-state index in [-0.39, 0.29) is 4.21 Å². The fourth-order valence-corrected chi connectivity index (χ4v) is 5.79. The first-order valence-electron chi connectivity index (χ1n) is 8.41. The Morgan fingerprint density at radius 1 is 1.11 bits per heavy atom. The van der Waals surface area contributed by atoms with E-state index in [0.717, 1.165) is 28.6 Å². The number of nitrogens with zero attached hydrogens (tertiary/aromatic N) is 2. The maximum absolute atomic E-state index is 11.7. The molecule has 2 heterocycles. The van der Waals surface area contributed by atoms with Gasteiger partial charge in [-0.15, -0.1) is 11.3 Å². The average Bonchev–Trinajstić information content (AvgIpc) is 3.05. The number of methoxy groups -OCH3 is 3. The van der Waals surface area contributed by atoms with Crippen LogP contribution in [-0.4, -0.2) is 85.0 Å². The van der Waals surface area contributed by atoms with Gasteiger partial charge in [0.15, 0.2) is 0 Å². The van der Waals surface area contributed by atoms with Crippen molar-refractivity contribution < 1.29 is 22.6 Å². The molecule has 1 aliphatic rings. The fraction of sp³-hybridized carbons (Fsp3) is 0.625. The molecule has 0 radical (unpaired) electrons. The number of hydrogen-bond donors (Lipinski definition) is 1. The van der Waals surface area contributed by atoms with Crippen LogP contribution in [0.3, 0.4) is 0 Å². The highest BCUT2D eigenvalue weighted by Crippen LogP contribution is 2.42. The molecule has 0 fully saturated rings. The molecular formula is C16H27N3O5S3. The smallest absolute Gasteiger partial charge is 0.247 e. The van der Waals surface area contributed by atoms with E-state index >= 15 is 0 Å². The van der Waals surface area contributed by atoms with Crippen LogP contribution in [-0.2, 0) is 24.2 Å². The third-order valence-corrected chi connectivity index (χ3v) is 7.80. The first-order chi connectivity index (χ1) is 12.9. The lowest BCUT2D eigenvalue weighted by Crippen LogP contribution is -2.36. The second kappa shape index (κ2) is 10.8. The topological polar surface area (TPSA) is 94.3 Å². The molecule has 154 valence electrons. The first kappa shape index (κ1) is 22.6. The van der Waals surface area contributed by atoms with Crippen LogP contribution in [0.2, 0.25) is 0 Å². The van der Waals surface area contributed by atoms with Gasteiger partial charge in [0.05, 0.1) is 30.6 Å². The van der Waals surface area contributed by atoms with Crippen LogP contribution in [0.1, 0.15) is 5.56 Å². The molecule has 0 aliphatic carbocycles. The van der Waals surface area contributed by atoms with Crippen molar-refractivity contribution in [2.24, 2.45) is 5.14 Å². The van der Waals surface area contributed by atoms with Crippen molar-refractivity contribution in [3.63, 3.8) is 0 Å². The highest BCUT2D eigenvalue weighted by Gasteiger charge is 2.25. The summed E-state index contributed by atoms with van der Waals surface area (Å²) in [6, 6.07) is 1.64. The Labute approximate surface area is 169 Å². The zero-order valence-electron chi connectivity index (χ0n) is 15.8. The number of primary sulfonamides is 1. The summed E-state index contributed by atoms with van der Waals surface area (Å²) in [5.41, 5.74) is 1.96. The third-order valence-electron chi connectivity index (χ3n) is 3.93. The van der Waals surface area contributed by atoms with Crippen molar-refractivity contribution in [2.45, 2.75) is 8.42 Å². The van der Waals surface area contributed by atoms with Gasteiger partial charge >= 0.3 is 0 Å². The second-order valence-electron chi connectivity index (χ2n) is 5.94. The summed E-state index contributed by atoms with van der Waals surface area (Å²) >= 11 is 2.72. The Balaban J connectivity index is 2.25.